The van der Waals surface area contributed by atoms with Crippen molar-refractivity contribution in [3.63, 3.8) is 0 Å². The van der Waals surface area contributed by atoms with E-state index in [2.05, 4.69) is 20.6 Å². The number of thioether (sulfide) groups is 1. The van der Waals surface area contributed by atoms with Crippen LogP contribution in [0.1, 0.15) is 5.56 Å². The molecule has 0 aliphatic carbocycles. The van der Waals surface area contributed by atoms with Gasteiger partial charge in [-0.25, -0.2) is 9.37 Å². The summed E-state index contributed by atoms with van der Waals surface area (Å²) in [6.07, 6.45) is 0. The molecule has 1 N–H and O–H groups in total. The van der Waals surface area contributed by atoms with Crippen LogP contribution in [0.15, 0.2) is 70.6 Å². The summed E-state index contributed by atoms with van der Waals surface area (Å²) in [5.74, 6) is 0.476. The Morgan fingerprint density at radius 1 is 1.07 bits per heavy atom. The number of rotatable bonds is 5. The fraction of sp³-hybridized carbons (Fsp3) is 0.0526. The Hall–Kier alpha value is -2.97. The third-order valence-electron chi connectivity index (χ3n) is 3.86. The number of nitrogens with zero attached hydrogens (tertiary/aromatic N) is 4. The highest BCUT2D eigenvalue weighted by Crippen LogP contribution is 2.22. The van der Waals surface area contributed by atoms with E-state index in [1.54, 1.807) is 36.4 Å². The Balaban J connectivity index is 1.74. The molecule has 9 heteroatoms. The van der Waals surface area contributed by atoms with Gasteiger partial charge in [0, 0.05) is 5.75 Å². The molecule has 0 fully saturated rings. The minimum atomic E-state index is -0.309. The third-order valence-corrected chi connectivity index (χ3v) is 5.07. The number of anilines is 1. The molecule has 0 aliphatic rings. The van der Waals surface area contributed by atoms with Crippen molar-refractivity contribution in [1.29, 1.82) is 0 Å². The molecule has 6 nitrogen and oxygen atoms in total. The van der Waals surface area contributed by atoms with Gasteiger partial charge in [0.1, 0.15) is 5.82 Å². The van der Waals surface area contributed by atoms with Crippen molar-refractivity contribution in [3.8, 4) is 0 Å². The van der Waals surface area contributed by atoms with Crippen molar-refractivity contribution in [2.24, 2.45) is 0 Å². The molecule has 28 heavy (non-hydrogen) atoms. The maximum Gasteiger partial charge on any atom is 0.281 e. The van der Waals surface area contributed by atoms with Crippen LogP contribution >= 0.6 is 23.4 Å². The monoisotopic (exact) mass is 413 g/mol. The lowest BCUT2D eigenvalue weighted by Gasteiger charge is -2.14. The Bertz CT molecular complexity index is 1200. The van der Waals surface area contributed by atoms with Crippen molar-refractivity contribution in [2.75, 3.05) is 5.43 Å². The summed E-state index contributed by atoms with van der Waals surface area (Å²) in [4.78, 5) is 17.6. The first-order chi connectivity index (χ1) is 13.6. The van der Waals surface area contributed by atoms with E-state index >= 15 is 0 Å². The van der Waals surface area contributed by atoms with Crippen molar-refractivity contribution < 1.29 is 4.39 Å². The second-order valence-electron chi connectivity index (χ2n) is 5.82. The maximum absolute atomic E-state index is 13.4. The summed E-state index contributed by atoms with van der Waals surface area (Å²) in [6.45, 7) is 0. The van der Waals surface area contributed by atoms with Crippen molar-refractivity contribution in [2.45, 2.75) is 10.9 Å². The van der Waals surface area contributed by atoms with Gasteiger partial charge in [-0.1, -0.05) is 47.6 Å². The number of para-hydroxylation sites is 1. The van der Waals surface area contributed by atoms with Crippen LogP contribution in [0.25, 0.3) is 10.9 Å². The highest BCUT2D eigenvalue weighted by Gasteiger charge is 2.13. The summed E-state index contributed by atoms with van der Waals surface area (Å²) in [6, 6.07) is 16.6. The number of hydrogen-bond donors (Lipinski definition) is 1. The van der Waals surface area contributed by atoms with Gasteiger partial charge in [-0.3, -0.25) is 10.2 Å². The van der Waals surface area contributed by atoms with Gasteiger partial charge in [-0.05, 0) is 42.0 Å². The van der Waals surface area contributed by atoms with E-state index in [-0.39, 0.29) is 16.5 Å². The predicted octanol–water partition coefficient (Wildman–Crippen LogP) is 4.15. The van der Waals surface area contributed by atoms with Crippen LogP contribution in [-0.2, 0) is 5.75 Å². The molecule has 0 atom stereocenters. The van der Waals surface area contributed by atoms with Crippen LogP contribution < -0.4 is 11.0 Å². The highest BCUT2D eigenvalue weighted by molar-refractivity contribution is 7.98. The van der Waals surface area contributed by atoms with Crippen LogP contribution in [0.3, 0.4) is 0 Å². The zero-order valence-electron chi connectivity index (χ0n) is 14.3. The van der Waals surface area contributed by atoms with E-state index in [0.29, 0.717) is 27.6 Å². The molecule has 0 unspecified atom stereocenters. The lowest BCUT2D eigenvalue weighted by Crippen LogP contribution is -2.29. The van der Waals surface area contributed by atoms with Crippen LogP contribution in [0.4, 0.5) is 10.2 Å². The minimum absolute atomic E-state index is 0.246. The van der Waals surface area contributed by atoms with E-state index in [4.69, 9.17) is 11.6 Å². The molecule has 0 aliphatic heterocycles. The second kappa shape index (κ2) is 7.95. The van der Waals surface area contributed by atoms with Gasteiger partial charge in [0.05, 0.1) is 10.9 Å². The Kier molecular flexibility index (Phi) is 5.23. The summed E-state index contributed by atoms with van der Waals surface area (Å²) < 4.78 is 14.8. The second-order valence-corrected chi connectivity index (χ2v) is 7.15. The zero-order valence-corrected chi connectivity index (χ0v) is 15.9. The minimum Gasteiger partial charge on any atom is -0.271 e. The quantitative estimate of drug-likeness (QED) is 0.391. The summed E-state index contributed by atoms with van der Waals surface area (Å²) in [5.41, 5.74) is 4.01. The van der Waals surface area contributed by atoms with Gasteiger partial charge in [-0.2, -0.15) is 4.68 Å². The van der Waals surface area contributed by atoms with E-state index in [9.17, 15) is 9.18 Å². The number of nitrogens with one attached hydrogen (secondary N) is 1. The molecule has 4 aromatic rings. The molecular formula is C19H13ClFN5OS. The molecule has 0 spiro atoms. The molecule has 0 saturated carbocycles. The average molecular weight is 414 g/mol. The Labute approximate surface area is 168 Å². The first-order valence-corrected chi connectivity index (χ1v) is 9.62. The predicted molar refractivity (Wildman–Crippen MR) is 108 cm³/mol. The molecule has 2 aromatic heterocycles. The molecular weight excluding hydrogens is 401 g/mol. The normalized spacial score (nSPS) is 10.9. The number of aromatic nitrogens is 4. The third kappa shape index (κ3) is 3.97. The van der Waals surface area contributed by atoms with Gasteiger partial charge in [0.25, 0.3) is 5.56 Å². The molecule has 4 rings (SSSR count). The summed E-state index contributed by atoms with van der Waals surface area (Å²) in [7, 11) is 0. The van der Waals surface area contributed by atoms with Crippen molar-refractivity contribution >= 4 is 40.1 Å². The Morgan fingerprint density at radius 3 is 2.71 bits per heavy atom. The van der Waals surface area contributed by atoms with Gasteiger partial charge < -0.3 is 0 Å². The molecule has 0 bridgehead atoms. The topological polar surface area (TPSA) is 72.7 Å². The van der Waals surface area contributed by atoms with Gasteiger partial charge in [-0.15, -0.1) is 10.2 Å². The molecule has 0 radical (unpaired) electrons. The van der Waals surface area contributed by atoms with E-state index in [0.717, 1.165) is 5.56 Å². The summed E-state index contributed by atoms with van der Waals surface area (Å²) in [5, 5.41) is 8.83. The van der Waals surface area contributed by atoms with Crippen LogP contribution in [0, 0.1) is 5.82 Å². The lowest BCUT2D eigenvalue weighted by molar-refractivity contribution is 0.626. The molecule has 2 aromatic carbocycles. The van der Waals surface area contributed by atoms with E-state index in [1.165, 1.54) is 28.6 Å². The fourth-order valence-corrected chi connectivity index (χ4v) is 3.57. The molecule has 0 amide bonds. The SMILES string of the molecule is O=c1c2ccccc2nc(SCc2cccc(F)c2)n1Nc1ccc(Cl)nn1. The lowest BCUT2D eigenvalue weighted by atomic mass is 10.2. The van der Waals surface area contributed by atoms with E-state index in [1.807, 2.05) is 12.1 Å². The number of benzene rings is 2. The number of fused-ring (bicyclic) bond motifs is 1. The van der Waals surface area contributed by atoms with Gasteiger partial charge >= 0.3 is 0 Å². The highest BCUT2D eigenvalue weighted by atomic mass is 35.5. The van der Waals surface area contributed by atoms with Crippen molar-refractivity contribution in [1.82, 2.24) is 19.9 Å². The number of halogens is 2. The largest absolute Gasteiger partial charge is 0.281 e. The van der Waals surface area contributed by atoms with Gasteiger partial charge in [0.2, 0.25) is 0 Å². The fourth-order valence-electron chi connectivity index (χ4n) is 2.57. The smallest absolute Gasteiger partial charge is 0.271 e. The Morgan fingerprint density at radius 2 is 1.93 bits per heavy atom. The van der Waals surface area contributed by atoms with Crippen LogP contribution in [0.5, 0.6) is 0 Å². The molecule has 140 valence electrons. The maximum atomic E-state index is 13.4. The van der Waals surface area contributed by atoms with Crippen LogP contribution in [0.2, 0.25) is 5.15 Å². The van der Waals surface area contributed by atoms with E-state index < -0.39 is 0 Å². The average Bonchev–Trinajstić information content (AvgIpc) is 2.70. The van der Waals surface area contributed by atoms with Crippen molar-refractivity contribution in [3.05, 3.63) is 87.6 Å². The zero-order chi connectivity index (χ0) is 19.5. The van der Waals surface area contributed by atoms with Gasteiger partial charge in [0.15, 0.2) is 16.1 Å². The number of hydrogen-bond acceptors (Lipinski definition) is 6. The molecule has 2 heterocycles. The first-order valence-electron chi connectivity index (χ1n) is 8.25. The summed E-state index contributed by atoms with van der Waals surface area (Å²) >= 11 is 7.08. The molecule has 0 saturated heterocycles. The van der Waals surface area contributed by atoms with Crippen LogP contribution in [-0.4, -0.2) is 19.9 Å². The standard InChI is InChI=1S/C19H13ClFN5OS/c20-16-8-9-17(24-23-16)25-26-18(27)14-6-1-2-7-15(14)22-19(26)28-11-12-4-3-5-13(21)10-12/h1-10H,11H2,(H,24,25). The first kappa shape index (κ1) is 18.4.